The number of anilines is 2. The van der Waals surface area contributed by atoms with Crippen molar-refractivity contribution in [1.82, 2.24) is 9.78 Å². The lowest BCUT2D eigenvalue weighted by Crippen LogP contribution is -2.15. The van der Waals surface area contributed by atoms with Gasteiger partial charge in [0.25, 0.3) is 0 Å². The number of nitrogens with zero attached hydrogens (tertiary/aromatic N) is 2. The highest BCUT2D eigenvalue weighted by Gasteiger charge is 2.21. The van der Waals surface area contributed by atoms with Crippen molar-refractivity contribution >= 4 is 17.6 Å². The van der Waals surface area contributed by atoms with Crippen molar-refractivity contribution in [2.45, 2.75) is 46.0 Å². The average Bonchev–Trinajstić information content (AvgIpc) is 2.97. The Hall–Kier alpha value is -2.70. The lowest BCUT2D eigenvalue weighted by Gasteiger charge is -2.15. The van der Waals surface area contributed by atoms with Gasteiger partial charge in [-0.05, 0) is 18.6 Å². The van der Waals surface area contributed by atoms with Crippen molar-refractivity contribution in [2.24, 2.45) is 0 Å². The van der Waals surface area contributed by atoms with Crippen LogP contribution in [0.15, 0.2) is 24.3 Å². The second kappa shape index (κ2) is 8.12. The summed E-state index contributed by atoms with van der Waals surface area (Å²) in [7, 11) is 1.56. The molecule has 1 aromatic heterocycles. The lowest BCUT2D eigenvalue weighted by atomic mass is 9.92. The first kappa shape index (κ1) is 19.6. The molecule has 0 unspecified atom stereocenters. The van der Waals surface area contributed by atoms with E-state index < -0.39 is 6.09 Å². The monoisotopic (exact) mass is 360 g/mol. The Morgan fingerprint density at radius 1 is 1.31 bits per heavy atom. The van der Waals surface area contributed by atoms with Gasteiger partial charge in [0.15, 0.2) is 0 Å². The minimum Gasteiger partial charge on any atom is -0.494 e. The van der Waals surface area contributed by atoms with Crippen molar-refractivity contribution in [3.63, 3.8) is 0 Å². The van der Waals surface area contributed by atoms with Crippen LogP contribution in [0.4, 0.5) is 16.3 Å². The fraction of sp³-hybridized carbons (Fsp3) is 0.474. The number of ether oxygens (including phenoxy) is 2. The molecule has 2 rings (SSSR count). The summed E-state index contributed by atoms with van der Waals surface area (Å²) in [5.41, 5.74) is 8.19. The van der Waals surface area contributed by atoms with Crippen LogP contribution < -0.4 is 15.8 Å². The maximum Gasteiger partial charge on any atom is 0.411 e. The third-order valence-corrected chi connectivity index (χ3v) is 3.89. The highest BCUT2D eigenvalue weighted by Crippen LogP contribution is 2.30. The fourth-order valence-corrected chi connectivity index (χ4v) is 2.35. The summed E-state index contributed by atoms with van der Waals surface area (Å²) >= 11 is 0. The number of nitrogens with one attached hydrogen (secondary N) is 1. The van der Waals surface area contributed by atoms with Gasteiger partial charge in [0, 0.05) is 23.2 Å². The van der Waals surface area contributed by atoms with E-state index in [4.69, 9.17) is 15.2 Å². The van der Waals surface area contributed by atoms with Crippen LogP contribution in [0, 0.1) is 0 Å². The van der Waals surface area contributed by atoms with Crippen molar-refractivity contribution in [2.75, 3.05) is 24.8 Å². The van der Waals surface area contributed by atoms with E-state index in [0.717, 1.165) is 18.5 Å². The number of aromatic nitrogens is 2. The molecular weight excluding hydrogens is 332 g/mol. The molecule has 3 N–H and O–H groups in total. The number of hydrogen-bond donors (Lipinski definition) is 2. The molecule has 7 heteroatoms. The first-order valence-electron chi connectivity index (χ1n) is 8.74. The first-order valence-corrected chi connectivity index (χ1v) is 8.74. The predicted octanol–water partition coefficient (Wildman–Crippen LogP) is 4.11. The Balaban J connectivity index is 2.24. The molecule has 0 saturated carbocycles. The van der Waals surface area contributed by atoms with Crippen molar-refractivity contribution < 1.29 is 14.3 Å². The zero-order chi connectivity index (χ0) is 19.3. The van der Waals surface area contributed by atoms with E-state index >= 15 is 0 Å². The summed E-state index contributed by atoms with van der Waals surface area (Å²) in [6.45, 7) is 8.67. The van der Waals surface area contributed by atoms with Crippen molar-refractivity contribution in [3.05, 3.63) is 30.0 Å². The number of hydrogen-bond acceptors (Lipinski definition) is 5. The zero-order valence-corrected chi connectivity index (χ0v) is 16.1. The Bertz CT molecular complexity index is 763. The molecule has 1 amide bonds. The largest absolute Gasteiger partial charge is 0.494 e. The van der Waals surface area contributed by atoms with Gasteiger partial charge in [-0.25, -0.2) is 9.48 Å². The van der Waals surface area contributed by atoms with E-state index in [0.29, 0.717) is 29.5 Å². The van der Waals surface area contributed by atoms with Crippen LogP contribution in [0.5, 0.6) is 5.75 Å². The molecule has 0 atom stereocenters. The maximum atomic E-state index is 11.8. The zero-order valence-electron chi connectivity index (χ0n) is 16.1. The number of unbranched alkanes of at least 4 members (excludes halogenated alkanes) is 1. The third kappa shape index (κ3) is 4.68. The Kier molecular flexibility index (Phi) is 6.13. The maximum absolute atomic E-state index is 11.8. The van der Waals surface area contributed by atoms with Crippen LogP contribution in [0.1, 0.15) is 46.2 Å². The number of carbonyl (C=O) groups is 1. The van der Waals surface area contributed by atoms with E-state index in [2.05, 4.69) is 31.2 Å². The van der Waals surface area contributed by atoms with E-state index in [1.165, 1.54) is 0 Å². The van der Waals surface area contributed by atoms with Crippen LogP contribution in [-0.2, 0) is 10.2 Å². The van der Waals surface area contributed by atoms with Gasteiger partial charge in [0.2, 0.25) is 0 Å². The number of amides is 1. The van der Waals surface area contributed by atoms with Gasteiger partial charge in [0.05, 0.1) is 19.4 Å². The first-order chi connectivity index (χ1) is 12.3. The van der Waals surface area contributed by atoms with Crippen LogP contribution >= 0.6 is 0 Å². The second-order valence-electron chi connectivity index (χ2n) is 7.12. The summed E-state index contributed by atoms with van der Waals surface area (Å²) < 4.78 is 12.2. The molecule has 0 aliphatic carbocycles. The third-order valence-electron chi connectivity index (χ3n) is 3.89. The van der Waals surface area contributed by atoms with Crippen molar-refractivity contribution in [3.8, 4) is 11.4 Å². The Labute approximate surface area is 154 Å². The smallest absolute Gasteiger partial charge is 0.411 e. The van der Waals surface area contributed by atoms with Gasteiger partial charge in [-0.15, -0.1) is 0 Å². The minimum absolute atomic E-state index is 0.115. The second-order valence-corrected chi connectivity index (χ2v) is 7.12. The number of carbonyl (C=O) groups excluding carboxylic acids is 1. The number of nitrogens with two attached hydrogens (primary N) is 1. The molecule has 0 aliphatic rings. The topological polar surface area (TPSA) is 91.4 Å². The fourth-order valence-electron chi connectivity index (χ4n) is 2.35. The van der Waals surface area contributed by atoms with Gasteiger partial charge in [-0.1, -0.05) is 34.1 Å². The van der Waals surface area contributed by atoms with Gasteiger partial charge < -0.3 is 15.2 Å². The molecule has 26 heavy (non-hydrogen) atoms. The Morgan fingerprint density at radius 2 is 2.04 bits per heavy atom. The van der Waals surface area contributed by atoms with Gasteiger partial charge in [-0.3, -0.25) is 5.32 Å². The van der Waals surface area contributed by atoms with E-state index in [9.17, 15) is 4.79 Å². The van der Waals surface area contributed by atoms with Crippen molar-refractivity contribution in [1.29, 1.82) is 0 Å². The summed E-state index contributed by atoms with van der Waals surface area (Å²) in [5, 5.41) is 7.30. The Morgan fingerprint density at radius 3 is 2.62 bits per heavy atom. The molecular formula is C19H28N4O3. The molecule has 1 heterocycles. The van der Waals surface area contributed by atoms with E-state index in [1.807, 2.05) is 13.0 Å². The van der Waals surface area contributed by atoms with Crippen LogP contribution in [0.3, 0.4) is 0 Å². The number of rotatable bonds is 6. The summed E-state index contributed by atoms with van der Waals surface area (Å²) in [5.74, 6) is 1.07. The highest BCUT2D eigenvalue weighted by atomic mass is 16.5. The minimum atomic E-state index is -0.484. The quantitative estimate of drug-likeness (QED) is 0.757. The normalized spacial score (nSPS) is 11.3. The molecule has 142 valence electrons. The standard InChI is InChI=1S/C19H28N4O3/c1-6-7-10-26-18(24)21-13-8-9-14(15(11-13)25-5)23-17(20)12-16(22-23)19(2,3)4/h8-9,11-12H,6-7,10,20H2,1-5H3,(H,21,24). The highest BCUT2D eigenvalue weighted by molar-refractivity contribution is 5.85. The molecule has 0 aliphatic heterocycles. The molecule has 0 radical (unpaired) electrons. The van der Waals surface area contributed by atoms with E-state index in [-0.39, 0.29) is 5.41 Å². The van der Waals surface area contributed by atoms with Gasteiger partial charge in [0.1, 0.15) is 17.3 Å². The molecule has 0 spiro atoms. The van der Waals surface area contributed by atoms with Gasteiger partial charge >= 0.3 is 6.09 Å². The van der Waals surface area contributed by atoms with Crippen LogP contribution in [-0.4, -0.2) is 29.6 Å². The van der Waals surface area contributed by atoms with E-state index in [1.54, 1.807) is 30.0 Å². The number of methoxy groups -OCH3 is 1. The molecule has 2 aromatic rings. The molecule has 1 aromatic carbocycles. The number of benzene rings is 1. The molecule has 0 bridgehead atoms. The summed E-state index contributed by atoms with van der Waals surface area (Å²) in [4.78, 5) is 11.8. The summed E-state index contributed by atoms with van der Waals surface area (Å²) in [6, 6.07) is 7.14. The molecule has 0 saturated heterocycles. The average molecular weight is 360 g/mol. The summed E-state index contributed by atoms with van der Waals surface area (Å²) in [6.07, 6.45) is 1.32. The van der Waals surface area contributed by atoms with Gasteiger partial charge in [-0.2, -0.15) is 5.10 Å². The predicted molar refractivity (Wildman–Crippen MR) is 103 cm³/mol. The molecule has 0 fully saturated rings. The number of nitrogen functional groups attached to an aromatic ring is 1. The molecule has 7 nitrogen and oxygen atoms in total. The van der Waals surface area contributed by atoms with Crippen LogP contribution in [0.25, 0.3) is 5.69 Å². The SMILES string of the molecule is CCCCOC(=O)Nc1ccc(-n2nc(C(C)(C)C)cc2N)c(OC)c1. The van der Waals surface area contributed by atoms with Crippen LogP contribution in [0.2, 0.25) is 0 Å². The lowest BCUT2D eigenvalue weighted by molar-refractivity contribution is 0.160.